The number of amides is 1. The number of rotatable bonds is 2. The van der Waals surface area contributed by atoms with Gasteiger partial charge in [0.25, 0.3) is 5.91 Å². The highest BCUT2D eigenvalue weighted by Crippen LogP contribution is 2.11. The fourth-order valence-electron chi connectivity index (χ4n) is 1.08. The fraction of sp³-hybridized carbons (Fsp3) is 0. The molecule has 0 aliphatic heterocycles. The highest BCUT2D eigenvalue weighted by molar-refractivity contribution is 7.08. The summed E-state index contributed by atoms with van der Waals surface area (Å²) in [5.41, 5.74) is 0.912. The third kappa shape index (κ3) is 2.38. The summed E-state index contributed by atoms with van der Waals surface area (Å²) < 4.78 is 12.7. The molecule has 1 amide bonds. The zero-order chi connectivity index (χ0) is 10.7. The molecule has 0 unspecified atom stereocenters. The zero-order valence-electron chi connectivity index (χ0n) is 7.61. The second-order valence-electron chi connectivity index (χ2n) is 2.86. The second-order valence-corrected chi connectivity index (χ2v) is 3.64. The second kappa shape index (κ2) is 4.18. The largest absolute Gasteiger partial charge is 0.320 e. The van der Waals surface area contributed by atoms with E-state index in [0.29, 0.717) is 11.3 Å². The SMILES string of the molecule is O=C(Nc1cncc(F)c1)c1ccsc1. The van der Waals surface area contributed by atoms with Crippen LogP contribution in [0.3, 0.4) is 0 Å². The number of carbonyl (C=O) groups excluding carboxylic acids is 1. The predicted octanol–water partition coefficient (Wildman–Crippen LogP) is 2.53. The number of pyridine rings is 1. The van der Waals surface area contributed by atoms with Gasteiger partial charge in [-0.25, -0.2) is 4.39 Å². The van der Waals surface area contributed by atoms with E-state index in [1.54, 1.807) is 16.8 Å². The minimum absolute atomic E-state index is 0.261. The van der Waals surface area contributed by atoms with Gasteiger partial charge < -0.3 is 5.32 Å². The van der Waals surface area contributed by atoms with E-state index in [2.05, 4.69) is 10.3 Å². The predicted molar refractivity (Wildman–Crippen MR) is 56.5 cm³/mol. The molecule has 15 heavy (non-hydrogen) atoms. The van der Waals surface area contributed by atoms with Crippen molar-refractivity contribution in [3.05, 3.63) is 46.7 Å². The van der Waals surface area contributed by atoms with Gasteiger partial charge in [-0.05, 0) is 11.4 Å². The van der Waals surface area contributed by atoms with Gasteiger partial charge in [0.1, 0.15) is 5.82 Å². The number of hydrogen-bond donors (Lipinski definition) is 1. The van der Waals surface area contributed by atoms with Crippen molar-refractivity contribution in [1.82, 2.24) is 4.98 Å². The topological polar surface area (TPSA) is 42.0 Å². The van der Waals surface area contributed by atoms with Crippen molar-refractivity contribution >= 4 is 22.9 Å². The Kier molecular flexibility index (Phi) is 2.73. The number of aromatic nitrogens is 1. The van der Waals surface area contributed by atoms with E-state index in [0.717, 1.165) is 6.20 Å². The van der Waals surface area contributed by atoms with E-state index in [1.807, 2.05) is 0 Å². The maximum Gasteiger partial charge on any atom is 0.256 e. The maximum absolute atomic E-state index is 12.7. The van der Waals surface area contributed by atoms with E-state index in [9.17, 15) is 9.18 Å². The first-order valence-electron chi connectivity index (χ1n) is 4.20. The third-order valence-electron chi connectivity index (χ3n) is 1.75. The Morgan fingerprint density at radius 1 is 1.47 bits per heavy atom. The maximum atomic E-state index is 12.7. The first-order chi connectivity index (χ1) is 7.25. The lowest BCUT2D eigenvalue weighted by Gasteiger charge is -2.02. The summed E-state index contributed by atoms with van der Waals surface area (Å²) in [5.74, 6) is -0.734. The number of nitrogens with zero attached hydrogens (tertiary/aromatic N) is 1. The van der Waals surface area contributed by atoms with Gasteiger partial charge in [0, 0.05) is 11.4 Å². The van der Waals surface area contributed by atoms with Gasteiger partial charge in [0.2, 0.25) is 0 Å². The van der Waals surface area contributed by atoms with Crippen LogP contribution in [0.4, 0.5) is 10.1 Å². The van der Waals surface area contributed by atoms with E-state index in [1.165, 1.54) is 23.6 Å². The van der Waals surface area contributed by atoms with Crippen LogP contribution in [0.1, 0.15) is 10.4 Å². The molecule has 2 rings (SSSR count). The van der Waals surface area contributed by atoms with Crippen LogP contribution < -0.4 is 5.32 Å². The fourth-order valence-corrected chi connectivity index (χ4v) is 1.71. The van der Waals surface area contributed by atoms with Gasteiger partial charge in [0.15, 0.2) is 0 Å². The molecule has 0 atom stereocenters. The van der Waals surface area contributed by atoms with Crippen LogP contribution in [0, 0.1) is 5.82 Å². The van der Waals surface area contributed by atoms with E-state index in [-0.39, 0.29) is 5.91 Å². The first-order valence-corrected chi connectivity index (χ1v) is 5.14. The molecule has 5 heteroatoms. The summed E-state index contributed by atoms with van der Waals surface area (Å²) >= 11 is 1.43. The molecule has 0 saturated carbocycles. The van der Waals surface area contributed by atoms with E-state index in [4.69, 9.17) is 0 Å². The molecule has 2 aromatic rings. The summed E-state index contributed by atoms with van der Waals surface area (Å²) in [6.07, 6.45) is 2.48. The minimum atomic E-state index is -0.474. The lowest BCUT2D eigenvalue weighted by molar-refractivity contribution is 0.102. The monoisotopic (exact) mass is 222 g/mol. The number of thiophene rings is 1. The number of hydrogen-bond acceptors (Lipinski definition) is 3. The van der Waals surface area contributed by atoms with Crippen molar-refractivity contribution in [2.45, 2.75) is 0 Å². The molecule has 3 nitrogen and oxygen atoms in total. The van der Waals surface area contributed by atoms with Crippen LogP contribution in [0.25, 0.3) is 0 Å². The Morgan fingerprint density at radius 3 is 3.00 bits per heavy atom. The summed E-state index contributed by atoms with van der Waals surface area (Å²) in [7, 11) is 0. The highest BCUT2D eigenvalue weighted by atomic mass is 32.1. The quantitative estimate of drug-likeness (QED) is 0.848. The summed E-state index contributed by atoms with van der Waals surface area (Å²) in [6.45, 7) is 0. The van der Waals surface area contributed by atoms with Crippen molar-refractivity contribution in [1.29, 1.82) is 0 Å². The van der Waals surface area contributed by atoms with Crippen LogP contribution in [-0.4, -0.2) is 10.9 Å². The molecule has 1 N–H and O–H groups in total. The van der Waals surface area contributed by atoms with Gasteiger partial charge in [-0.3, -0.25) is 9.78 Å². The van der Waals surface area contributed by atoms with Gasteiger partial charge in [0.05, 0.1) is 23.6 Å². The van der Waals surface area contributed by atoms with Crippen LogP contribution >= 0.6 is 11.3 Å². The minimum Gasteiger partial charge on any atom is -0.320 e. The van der Waals surface area contributed by atoms with Crippen molar-refractivity contribution in [3.63, 3.8) is 0 Å². The molecule has 0 bridgehead atoms. The lowest BCUT2D eigenvalue weighted by atomic mass is 10.3. The molecule has 2 heterocycles. The third-order valence-corrected chi connectivity index (χ3v) is 2.43. The van der Waals surface area contributed by atoms with Crippen LogP contribution in [0.15, 0.2) is 35.3 Å². The molecule has 2 aromatic heterocycles. The Balaban J connectivity index is 2.13. The van der Waals surface area contributed by atoms with Crippen molar-refractivity contribution in [2.24, 2.45) is 0 Å². The number of nitrogens with one attached hydrogen (secondary N) is 1. The van der Waals surface area contributed by atoms with Crippen molar-refractivity contribution < 1.29 is 9.18 Å². The number of carbonyl (C=O) groups is 1. The first kappa shape index (κ1) is 9.79. The standard InChI is InChI=1S/C10H7FN2OS/c11-8-3-9(5-12-4-8)13-10(14)7-1-2-15-6-7/h1-6H,(H,13,14). The van der Waals surface area contributed by atoms with Gasteiger partial charge in [-0.1, -0.05) is 0 Å². The van der Waals surface area contributed by atoms with Gasteiger partial charge >= 0.3 is 0 Å². The Labute approximate surface area is 89.6 Å². The number of anilines is 1. The zero-order valence-corrected chi connectivity index (χ0v) is 8.42. The Bertz CT molecular complexity index is 470. The average molecular weight is 222 g/mol. The summed E-state index contributed by atoms with van der Waals surface area (Å²) in [6, 6.07) is 2.92. The molecule has 0 aromatic carbocycles. The van der Waals surface area contributed by atoms with Gasteiger partial charge in [-0.15, -0.1) is 0 Å². The molecule has 0 fully saturated rings. The molecule has 0 aliphatic rings. The molecule has 0 radical (unpaired) electrons. The highest BCUT2D eigenvalue weighted by Gasteiger charge is 2.06. The molecular formula is C10H7FN2OS. The Hall–Kier alpha value is -1.75. The summed E-state index contributed by atoms with van der Waals surface area (Å²) in [4.78, 5) is 15.2. The lowest BCUT2D eigenvalue weighted by Crippen LogP contribution is -2.11. The molecular weight excluding hydrogens is 215 g/mol. The van der Waals surface area contributed by atoms with Crippen LogP contribution in [-0.2, 0) is 0 Å². The van der Waals surface area contributed by atoms with E-state index < -0.39 is 5.82 Å². The van der Waals surface area contributed by atoms with Gasteiger partial charge in [-0.2, -0.15) is 11.3 Å². The normalized spacial score (nSPS) is 9.93. The summed E-state index contributed by atoms with van der Waals surface area (Å²) in [5, 5.41) is 6.08. The Morgan fingerprint density at radius 2 is 2.33 bits per heavy atom. The average Bonchev–Trinajstić information content (AvgIpc) is 2.70. The van der Waals surface area contributed by atoms with Crippen LogP contribution in [0.5, 0.6) is 0 Å². The molecule has 0 saturated heterocycles. The van der Waals surface area contributed by atoms with Crippen molar-refractivity contribution in [3.8, 4) is 0 Å². The molecule has 76 valence electrons. The molecule has 0 spiro atoms. The molecule has 0 aliphatic carbocycles. The number of halogens is 1. The smallest absolute Gasteiger partial charge is 0.256 e. The van der Waals surface area contributed by atoms with E-state index >= 15 is 0 Å². The van der Waals surface area contributed by atoms with Crippen molar-refractivity contribution in [2.75, 3.05) is 5.32 Å². The van der Waals surface area contributed by atoms with Crippen LogP contribution in [0.2, 0.25) is 0 Å².